The molecular formula is C11H13N5O2S. The normalized spacial score (nSPS) is 12.4. The fraction of sp³-hybridized carbons (Fsp3) is 0.273. The Morgan fingerprint density at radius 3 is 2.89 bits per heavy atom. The van der Waals surface area contributed by atoms with Gasteiger partial charge in [-0.2, -0.15) is 4.98 Å². The maximum atomic E-state index is 11.3. The summed E-state index contributed by atoms with van der Waals surface area (Å²) >= 11 is 1.18. The first-order valence-electron chi connectivity index (χ1n) is 5.54. The van der Waals surface area contributed by atoms with E-state index in [1.165, 1.54) is 16.4 Å². The van der Waals surface area contributed by atoms with Crippen molar-refractivity contribution in [2.75, 3.05) is 0 Å². The van der Waals surface area contributed by atoms with E-state index in [9.17, 15) is 9.59 Å². The third-order valence-electron chi connectivity index (χ3n) is 2.43. The van der Waals surface area contributed by atoms with Crippen molar-refractivity contribution in [2.45, 2.75) is 23.1 Å². The summed E-state index contributed by atoms with van der Waals surface area (Å²) in [6.07, 6.45) is 1.64. The summed E-state index contributed by atoms with van der Waals surface area (Å²) in [5.74, 6) is 0. The van der Waals surface area contributed by atoms with Crippen LogP contribution in [0.1, 0.15) is 18.5 Å². The van der Waals surface area contributed by atoms with E-state index in [-0.39, 0.29) is 6.04 Å². The maximum Gasteiger partial charge on any atom is 0.339 e. The average Bonchev–Trinajstić information content (AvgIpc) is 2.36. The summed E-state index contributed by atoms with van der Waals surface area (Å²) in [5, 5.41) is 3.39. The predicted molar refractivity (Wildman–Crippen MR) is 71.1 cm³/mol. The fourth-order valence-corrected chi connectivity index (χ4v) is 2.44. The number of rotatable bonds is 3. The molecule has 0 amide bonds. The molecule has 19 heavy (non-hydrogen) atoms. The lowest BCUT2D eigenvalue weighted by Gasteiger charge is -2.11. The van der Waals surface area contributed by atoms with Crippen molar-refractivity contribution in [3.63, 3.8) is 0 Å². The third-order valence-corrected chi connectivity index (χ3v) is 3.51. The Labute approximate surface area is 112 Å². The van der Waals surface area contributed by atoms with Crippen LogP contribution in [0.3, 0.4) is 0 Å². The Bertz CT molecular complexity index is 707. The second-order valence-electron chi connectivity index (χ2n) is 3.99. The lowest BCUT2D eigenvalue weighted by molar-refractivity contribution is 0.595. The number of hydrogen-bond acceptors (Lipinski definition) is 6. The van der Waals surface area contributed by atoms with Crippen LogP contribution in [0.15, 0.2) is 38.1 Å². The molecule has 0 radical (unpaired) electrons. The van der Waals surface area contributed by atoms with E-state index in [1.807, 2.05) is 13.0 Å². The molecule has 0 spiro atoms. The SMILES string of the molecule is CC(N)c1cccnc1Sc1nc(=O)c(=O)[nH]n1C. The molecule has 0 aliphatic rings. The van der Waals surface area contributed by atoms with Crippen LogP contribution in [0.2, 0.25) is 0 Å². The van der Waals surface area contributed by atoms with Gasteiger partial charge in [-0.3, -0.25) is 19.4 Å². The smallest absolute Gasteiger partial charge is 0.324 e. The molecule has 1 atom stereocenters. The third kappa shape index (κ3) is 2.91. The van der Waals surface area contributed by atoms with Gasteiger partial charge in [-0.1, -0.05) is 6.07 Å². The van der Waals surface area contributed by atoms with Crippen LogP contribution in [-0.4, -0.2) is 19.7 Å². The zero-order chi connectivity index (χ0) is 14.0. The number of aryl methyl sites for hydroxylation is 1. The van der Waals surface area contributed by atoms with E-state index in [4.69, 9.17) is 5.73 Å². The van der Waals surface area contributed by atoms with E-state index in [0.29, 0.717) is 10.2 Å². The molecule has 2 aromatic rings. The summed E-state index contributed by atoms with van der Waals surface area (Å²) in [7, 11) is 1.60. The van der Waals surface area contributed by atoms with Crippen LogP contribution in [0.5, 0.6) is 0 Å². The molecule has 0 aliphatic heterocycles. The molecule has 0 fully saturated rings. The van der Waals surface area contributed by atoms with Gasteiger partial charge in [-0.05, 0) is 24.8 Å². The van der Waals surface area contributed by atoms with Crippen LogP contribution >= 0.6 is 11.8 Å². The van der Waals surface area contributed by atoms with Gasteiger partial charge in [-0.15, -0.1) is 0 Å². The molecule has 0 bridgehead atoms. The van der Waals surface area contributed by atoms with Gasteiger partial charge in [0.2, 0.25) is 0 Å². The molecule has 2 aromatic heterocycles. The van der Waals surface area contributed by atoms with Crippen molar-refractivity contribution in [3.05, 3.63) is 44.6 Å². The molecule has 8 heteroatoms. The van der Waals surface area contributed by atoms with E-state index < -0.39 is 11.1 Å². The highest BCUT2D eigenvalue weighted by Gasteiger charge is 2.12. The van der Waals surface area contributed by atoms with Gasteiger partial charge >= 0.3 is 11.1 Å². The van der Waals surface area contributed by atoms with Crippen molar-refractivity contribution in [3.8, 4) is 0 Å². The number of nitrogens with zero attached hydrogens (tertiary/aromatic N) is 3. The first kappa shape index (κ1) is 13.5. The van der Waals surface area contributed by atoms with Crippen LogP contribution in [0, 0.1) is 0 Å². The van der Waals surface area contributed by atoms with Gasteiger partial charge in [0.05, 0.1) is 0 Å². The largest absolute Gasteiger partial charge is 0.339 e. The standard InChI is InChI=1S/C11H13N5O2S/c1-6(12)7-4-3-5-13-10(7)19-11-14-8(17)9(18)15-16(11)2/h3-6H,12H2,1-2H3,(H,15,18). The molecule has 3 N–H and O–H groups in total. The van der Waals surface area contributed by atoms with Gasteiger partial charge in [0.25, 0.3) is 0 Å². The molecule has 0 aliphatic carbocycles. The molecule has 0 saturated heterocycles. The van der Waals surface area contributed by atoms with Gasteiger partial charge < -0.3 is 5.73 Å². The molecule has 100 valence electrons. The zero-order valence-electron chi connectivity index (χ0n) is 10.5. The molecule has 2 heterocycles. The first-order chi connectivity index (χ1) is 8.99. The predicted octanol–water partition coefficient (Wildman–Crippen LogP) is 0.0345. The Hall–Kier alpha value is -1.93. The summed E-state index contributed by atoms with van der Waals surface area (Å²) in [6.45, 7) is 1.85. The van der Waals surface area contributed by atoms with Crippen molar-refractivity contribution in [2.24, 2.45) is 12.8 Å². The molecule has 2 rings (SSSR count). The lowest BCUT2D eigenvalue weighted by atomic mass is 10.2. The molecule has 0 aromatic carbocycles. The van der Waals surface area contributed by atoms with Crippen LogP contribution < -0.4 is 16.9 Å². The molecule has 0 saturated carbocycles. The van der Waals surface area contributed by atoms with E-state index in [2.05, 4.69) is 15.1 Å². The van der Waals surface area contributed by atoms with E-state index in [0.717, 1.165) is 5.56 Å². The minimum atomic E-state index is -0.820. The summed E-state index contributed by atoms with van der Waals surface area (Å²) in [5.41, 5.74) is 5.14. The number of hydrogen-bond donors (Lipinski definition) is 2. The van der Waals surface area contributed by atoms with Gasteiger partial charge in [0, 0.05) is 24.8 Å². The topological polar surface area (TPSA) is 107 Å². The van der Waals surface area contributed by atoms with Crippen LogP contribution in [0.25, 0.3) is 0 Å². The minimum Gasteiger partial charge on any atom is -0.324 e. The first-order valence-corrected chi connectivity index (χ1v) is 6.36. The Balaban J connectivity index is 2.45. The second kappa shape index (κ2) is 5.37. The number of H-pyrrole nitrogens is 1. The number of nitrogens with one attached hydrogen (secondary N) is 1. The Morgan fingerprint density at radius 1 is 1.47 bits per heavy atom. The van der Waals surface area contributed by atoms with Crippen molar-refractivity contribution in [1.82, 2.24) is 19.7 Å². The highest BCUT2D eigenvalue weighted by Crippen LogP contribution is 2.28. The number of nitrogens with two attached hydrogens (primary N) is 1. The van der Waals surface area contributed by atoms with Gasteiger partial charge in [-0.25, -0.2) is 4.98 Å². The van der Waals surface area contributed by atoms with Crippen LogP contribution in [0.4, 0.5) is 0 Å². The zero-order valence-corrected chi connectivity index (χ0v) is 11.3. The summed E-state index contributed by atoms with van der Waals surface area (Å²) < 4.78 is 1.38. The summed E-state index contributed by atoms with van der Waals surface area (Å²) in [4.78, 5) is 30.3. The lowest BCUT2D eigenvalue weighted by Crippen LogP contribution is -2.33. The minimum absolute atomic E-state index is 0.184. The van der Waals surface area contributed by atoms with Gasteiger partial charge in [0.15, 0.2) is 5.16 Å². The molecular weight excluding hydrogens is 266 g/mol. The fourth-order valence-electron chi connectivity index (χ4n) is 1.47. The number of pyridine rings is 1. The Morgan fingerprint density at radius 2 is 2.21 bits per heavy atom. The number of aromatic nitrogens is 4. The van der Waals surface area contributed by atoms with Crippen LogP contribution in [-0.2, 0) is 7.05 Å². The quantitative estimate of drug-likeness (QED) is 0.768. The van der Waals surface area contributed by atoms with Crippen molar-refractivity contribution in [1.29, 1.82) is 0 Å². The average molecular weight is 279 g/mol. The van der Waals surface area contributed by atoms with Gasteiger partial charge in [0.1, 0.15) is 5.03 Å². The van der Waals surface area contributed by atoms with Crippen molar-refractivity contribution >= 4 is 11.8 Å². The van der Waals surface area contributed by atoms with Crippen molar-refractivity contribution < 1.29 is 0 Å². The maximum absolute atomic E-state index is 11.3. The number of aromatic amines is 1. The highest BCUT2D eigenvalue weighted by atomic mass is 32.2. The summed E-state index contributed by atoms with van der Waals surface area (Å²) in [6, 6.07) is 3.47. The Kier molecular flexibility index (Phi) is 3.82. The van der Waals surface area contributed by atoms with E-state index >= 15 is 0 Å². The molecule has 7 nitrogen and oxygen atoms in total. The molecule has 1 unspecified atom stereocenters. The second-order valence-corrected chi connectivity index (χ2v) is 4.94. The highest BCUT2D eigenvalue weighted by molar-refractivity contribution is 7.99. The van der Waals surface area contributed by atoms with E-state index in [1.54, 1.807) is 19.3 Å². The monoisotopic (exact) mass is 279 g/mol.